The minimum Gasteiger partial charge on any atom is -0.355 e. The molecule has 1 aliphatic rings. The molecule has 1 fully saturated rings. The standard InChI is InChI=1S/C12H25NO2/c1-4-10-6-5-7-11(8-10)13-9-12(14-2)15-3/h10-13H,4-9H2,1-3H3. The number of rotatable bonds is 6. The van der Waals surface area contributed by atoms with Gasteiger partial charge in [0.1, 0.15) is 0 Å². The number of ether oxygens (including phenoxy) is 2. The van der Waals surface area contributed by atoms with Gasteiger partial charge in [-0.25, -0.2) is 0 Å². The second-order valence-corrected chi connectivity index (χ2v) is 4.45. The number of hydrogen-bond donors (Lipinski definition) is 1. The van der Waals surface area contributed by atoms with E-state index in [1.807, 2.05) is 0 Å². The lowest BCUT2D eigenvalue weighted by Gasteiger charge is -2.30. The molecule has 1 saturated carbocycles. The van der Waals surface area contributed by atoms with Gasteiger partial charge in [0.05, 0.1) is 0 Å². The van der Waals surface area contributed by atoms with Crippen LogP contribution in [-0.2, 0) is 9.47 Å². The van der Waals surface area contributed by atoms with Crippen LogP contribution < -0.4 is 5.32 Å². The molecule has 3 heteroatoms. The van der Waals surface area contributed by atoms with E-state index >= 15 is 0 Å². The molecule has 0 bridgehead atoms. The van der Waals surface area contributed by atoms with Crippen LogP contribution in [0.2, 0.25) is 0 Å². The molecule has 1 aliphatic carbocycles. The molecule has 0 spiro atoms. The third kappa shape index (κ3) is 4.49. The monoisotopic (exact) mass is 215 g/mol. The van der Waals surface area contributed by atoms with Crippen LogP contribution in [0.4, 0.5) is 0 Å². The van der Waals surface area contributed by atoms with Crippen molar-refractivity contribution in [2.24, 2.45) is 5.92 Å². The highest BCUT2D eigenvalue weighted by Gasteiger charge is 2.20. The maximum atomic E-state index is 5.16. The molecule has 0 heterocycles. The molecule has 15 heavy (non-hydrogen) atoms. The van der Waals surface area contributed by atoms with Crippen LogP contribution in [0.3, 0.4) is 0 Å². The van der Waals surface area contributed by atoms with E-state index in [2.05, 4.69) is 12.2 Å². The van der Waals surface area contributed by atoms with Gasteiger partial charge >= 0.3 is 0 Å². The Morgan fingerprint density at radius 3 is 2.60 bits per heavy atom. The molecule has 0 aliphatic heterocycles. The van der Waals surface area contributed by atoms with Crippen molar-refractivity contribution in [3.63, 3.8) is 0 Å². The first kappa shape index (κ1) is 12.9. The van der Waals surface area contributed by atoms with Gasteiger partial charge in [-0.2, -0.15) is 0 Å². The second-order valence-electron chi connectivity index (χ2n) is 4.45. The molecule has 2 atom stereocenters. The maximum Gasteiger partial charge on any atom is 0.169 e. The summed E-state index contributed by atoms with van der Waals surface area (Å²) in [6.07, 6.45) is 6.60. The largest absolute Gasteiger partial charge is 0.355 e. The van der Waals surface area contributed by atoms with Gasteiger partial charge in [0.25, 0.3) is 0 Å². The van der Waals surface area contributed by atoms with Crippen molar-refractivity contribution < 1.29 is 9.47 Å². The summed E-state index contributed by atoms with van der Waals surface area (Å²) in [7, 11) is 3.37. The van der Waals surface area contributed by atoms with Gasteiger partial charge in [-0.3, -0.25) is 0 Å². The van der Waals surface area contributed by atoms with Gasteiger partial charge in [0, 0.05) is 26.8 Å². The highest BCUT2D eigenvalue weighted by molar-refractivity contribution is 4.77. The zero-order valence-electron chi connectivity index (χ0n) is 10.3. The predicted octanol–water partition coefficient (Wildman–Crippen LogP) is 2.16. The summed E-state index contributed by atoms with van der Waals surface area (Å²) < 4.78 is 10.3. The lowest BCUT2D eigenvalue weighted by molar-refractivity contribution is -0.100. The fraction of sp³-hybridized carbons (Fsp3) is 1.00. The fourth-order valence-electron chi connectivity index (χ4n) is 2.37. The Kier molecular flexibility index (Phi) is 6.22. The van der Waals surface area contributed by atoms with Crippen LogP contribution in [0.1, 0.15) is 39.0 Å². The molecule has 0 aromatic carbocycles. The van der Waals surface area contributed by atoms with Crippen molar-refractivity contribution in [1.29, 1.82) is 0 Å². The van der Waals surface area contributed by atoms with Gasteiger partial charge in [0.2, 0.25) is 0 Å². The Morgan fingerprint density at radius 2 is 2.00 bits per heavy atom. The van der Waals surface area contributed by atoms with Gasteiger partial charge in [-0.15, -0.1) is 0 Å². The fourth-order valence-corrected chi connectivity index (χ4v) is 2.37. The molecule has 0 aromatic rings. The smallest absolute Gasteiger partial charge is 0.169 e. The van der Waals surface area contributed by atoms with Crippen molar-refractivity contribution in [3.05, 3.63) is 0 Å². The SMILES string of the molecule is CCC1CCCC(NCC(OC)OC)C1. The molecule has 1 rings (SSSR count). The Hall–Kier alpha value is -0.120. The molecule has 0 aromatic heterocycles. The van der Waals surface area contributed by atoms with Crippen LogP contribution >= 0.6 is 0 Å². The van der Waals surface area contributed by atoms with Gasteiger partial charge < -0.3 is 14.8 Å². The van der Waals surface area contributed by atoms with Crippen molar-refractivity contribution in [1.82, 2.24) is 5.32 Å². The average Bonchev–Trinajstić information content (AvgIpc) is 2.31. The average molecular weight is 215 g/mol. The first-order valence-electron chi connectivity index (χ1n) is 6.09. The van der Waals surface area contributed by atoms with E-state index in [1.54, 1.807) is 14.2 Å². The quantitative estimate of drug-likeness (QED) is 0.689. The molecule has 0 saturated heterocycles. The summed E-state index contributed by atoms with van der Waals surface area (Å²) >= 11 is 0. The molecule has 0 amide bonds. The summed E-state index contributed by atoms with van der Waals surface area (Å²) in [4.78, 5) is 0. The van der Waals surface area contributed by atoms with E-state index in [9.17, 15) is 0 Å². The Balaban J connectivity index is 2.20. The molecule has 90 valence electrons. The zero-order valence-corrected chi connectivity index (χ0v) is 10.3. The van der Waals surface area contributed by atoms with Crippen molar-refractivity contribution >= 4 is 0 Å². The van der Waals surface area contributed by atoms with E-state index in [0.29, 0.717) is 6.04 Å². The molecule has 1 N–H and O–H groups in total. The van der Waals surface area contributed by atoms with Crippen LogP contribution in [0, 0.1) is 5.92 Å². The number of hydrogen-bond acceptors (Lipinski definition) is 3. The normalized spacial score (nSPS) is 27.2. The van der Waals surface area contributed by atoms with Crippen molar-refractivity contribution in [3.8, 4) is 0 Å². The van der Waals surface area contributed by atoms with Crippen LogP contribution in [0.15, 0.2) is 0 Å². The maximum absolute atomic E-state index is 5.16. The van der Waals surface area contributed by atoms with Crippen molar-refractivity contribution in [2.45, 2.75) is 51.4 Å². The topological polar surface area (TPSA) is 30.5 Å². The summed E-state index contributed by atoms with van der Waals surface area (Å²) in [6, 6.07) is 0.663. The first-order valence-corrected chi connectivity index (χ1v) is 6.09. The Morgan fingerprint density at radius 1 is 1.27 bits per heavy atom. The summed E-state index contributed by atoms with van der Waals surface area (Å²) in [6.45, 7) is 3.09. The minimum atomic E-state index is -0.105. The third-order valence-corrected chi connectivity index (χ3v) is 3.46. The zero-order chi connectivity index (χ0) is 11.1. The summed E-state index contributed by atoms with van der Waals surface area (Å²) in [5, 5.41) is 3.54. The number of nitrogens with one attached hydrogen (secondary N) is 1. The minimum absolute atomic E-state index is 0.105. The van der Waals surface area contributed by atoms with E-state index in [0.717, 1.165) is 12.5 Å². The lowest BCUT2D eigenvalue weighted by Crippen LogP contribution is -2.39. The molecular formula is C12H25NO2. The highest BCUT2D eigenvalue weighted by atomic mass is 16.7. The Labute approximate surface area is 93.5 Å². The van der Waals surface area contributed by atoms with E-state index in [1.165, 1.54) is 32.1 Å². The van der Waals surface area contributed by atoms with Gasteiger partial charge in [0.15, 0.2) is 6.29 Å². The van der Waals surface area contributed by atoms with E-state index in [-0.39, 0.29) is 6.29 Å². The molecule has 2 unspecified atom stereocenters. The highest BCUT2D eigenvalue weighted by Crippen LogP contribution is 2.26. The molecular weight excluding hydrogens is 190 g/mol. The van der Waals surface area contributed by atoms with Crippen LogP contribution in [-0.4, -0.2) is 33.1 Å². The number of methoxy groups -OCH3 is 2. The summed E-state index contributed by atoms with van der Waals surface area (Å²) in [5.74, 6) is 0.916. The van der Waals surface area contributed by atoms with E-state index < -0.39 is 0 Å². The van der Waals surface area contributed by atoms with Gasteiger partial charge in [-0.1, -0.05) is 26.2 Å². The van der Waals surface area contributed by atoms with Gasteiger partial charge in [-0.05, 0) is 18.8 Å². The first-order chi connectivity index (χ1) is 7.30. The summed E-state index contributed by atoms with van der Waals surface area (Å²) in [5.41, 5.74) is 0. The second kappa shape index (κ2) is 7.20. The lowest BCUT2D eigenvalue weighted by atomic mass is 9.84. The Bertz CT molecular complexity index is 160. The molecule has 0 radical (unpaired) electrons. The van der Waals surface area contributed by atoms with Crippen molar-refractivity contribution in [2.75, 3.05) is 20.8 Å². The van der Waals surface area contributed by atoms with Crippen LogP contribution in [0.25, 0.3) is 0 Å². The predicted molar refractivity (Wildman–Crippen MR) is 61.8 cm³/mol. The third-order valence-electron chi connectivity index (χ3n) is 3.46. The van der Waals surface area contributed by atoms with Crippen LogP contribution in [0.5, 0.6) is 0 Å². The van der Waals surface area contributed by atoms with E-state index in [4.69, 9.17) is 9.47 Å². The molecule has 3 nitrogen and oxygen atoms in total.